The summed E-state index contributed by atoms with van der Waals surface area (Å²) >= 11 is 12.0. The van der Waals surface area contributed by atoms with Crippen LogP contribution in [0, 0.1) is 11.3 Å². The van der Waals surface area contributed by atoms with Crippen molar-refractivity contribution in [3.05, 3.63) is 58.1 Å². The van der Waals surface area contributed by atoms with Gasteiger partial charge in [-0.2, -0.15) is 5.26 Å². The molecule has 0 aliphatic heterocycles. The van der Waals surface area contributed by atoms with E-state index in [1.54, 1.807) is 18.2 Å². The molecule has 0 saturated carbocycles. The van der Waals surface area contributed by atoms with E-state index in [4.69, 9.17) is 37.9 Å². The van der Waals surface area contributed by atoms with Crippen LogP contribution in [0.3, 0.4) is 0 Å². The molecule has 0 unspecified atom stereocenters. The number of halogens is 2. The smallest absolute Gasteiger partial charge is 0.136 e. The minimum atomic E-state index is 0.279. The zero-order chi connectivity index (χ0) is 15.2. The second kappa shape index (κ2) is 7.21. The summed E-state index contributed by atoms with van der Waals surface area (Å²) in [4.78, 5) is 0. The first-order valence-corrected chi connectivity index (χ1v) is 7.14. The first kappa shape index (κ1) is 15.5. The monoisotopic (exact) mass is 321 g/mol. The Bertz CT molecular complexity index is 680. The van der Waals surface area contributed by atoms with Gasteiger partial charge in [0, 0.05) is 10.6 Å². The van der Waals surface area contributed by atoms with E-state index < -0.39 is 0 Å². The molecule has 2 rings (SSSR count). The third-order valence-electron chi connectivity index (χ3n) is 2.99. The van der Waals surface area contributed by atoms with Crippen LogP contribution in [0.5, 0.6) is 11.5 Å². The Labute approximate surface area is 133 Å². The van der Waals surface area contributed by atoms with Gasteiger partial charge in [-0.3, -0.25) is 0 Å². The normalized spacial score (nSPS) is 10.0. The highest BCUT2D eigenvalue weighted by Crippen LogP contribution is 2.29. The van der Waals surface area contributed by atoms with Crippen LogP contribution in [0.1, 0.15) is 16.7 Å². The third kappa shape index (κ3) is 3.60. The summed E-state index contributed by atoms with van der Waals surface area (Å²) in [7, 11) is 1.53. The van der Waals surface area contributed by atoms with Gasteiger partial charge < -0.3 is 9.47 Å². The molecule has 0 amide bonds. The number of nitriles is 1. The van der Waals surface area contributed by atoms with Crippen molar-refractivity contribution in [1.29, 1.82) is 5.26 Å². The van der Waals surface area contributed by atoms with E-state index in [0.29, 0.717) is 28.7 Å². The molecule has 0 saturated heterocycles. The number of hydrogen-bond acceptors (Lipinski definition) is 3. The largest absolute Gasteiger partial charge is 0.495 e. The van der Waals surface area contributed by atoms with Crippen LogP contribution < -0.4 is 9.47 Å². The predicted molar refractivity (Wildman–Crippen MR) is 83.1 cm³/mol. The molecule has 0 aliphatic rings. The highest BCUT2D eigenvalue weighted by Gasteiger charge is 2.08. The van der Waals surface area contributed by atoms with Crippen molar-refractivity contribution in [3.63, 3.8) is 0 Å². The summed E-state index contributed by atoms with van der Waals surface area (Å²) in [5.74, 6) is 1.47. The molecule has 0 aliphatic carbocycles. The number of benzene rings is 2. The molecular weight excluding hydrogens is 309 g/mol. The van der Waals surface area contributed by atoms with E-state index >= 15 is 0 Å². The van der Waals surface area contributed by atoms with E-state index in [9.17, 15) is 0 Å². The average molecular weight is 322 g/mol. The Hall–Kier alpha value is -1.89. The number of alkyl halides is 1. The maximum Gasteiger partial charge on any atom is 0.136 e. The molecule has 21 heavy (non-hydrogen) atoms. The highest BCUT2D eigenvalue weighted by molar-refractivity contribution is 6.32. The van der Waals surface area contributed by atoms with Crippen molar-refractivity contribution in [2.75, 3.05) is 7.11 Å². The summed E-state index contributed by atoms with van der Waals surface area (Å²) in [5.41, 5.74) is 2.10. The van der Waals surface area contributed by atoms with Crippen molar-refractivity contribution >= 4 is 23.2 Å². The van der Waals surface area contributed by atoms with Gasteiger partial charge in [-0.25, -0.2) is 0 Å². The lowest BCUT2D eigenvalue weighted by molar-refractivity contribution is 0.303. The van der Waals surface area contributed by atoms with Crippen LogP contribution in [0.2, 0.25) is 5.02 Å². The van der Waals surface area contributed by atoms with Gasteiger partial charge in [0.15, 0.2) is 0 Å². The van der Waals surface area contributed by atoms with Crippen LogP contribution >= 0.6 is 23.2 Å². The van der Waals surface area contributed by atoms with Crippen molar-refractivity contribution in [2.24, 2.45) is 0 Å². The van der Waals surface area contributed by atoms with Gasteiger partial charge in [-0.05, 0) is 29.8 Å². The summed E-state index contributed by atoms with van der Waals surface area (Å²) in [6.45, 7) is 0.322. The fourth-order valence-electron chi connectivity index (χ4n) is 1.90. The lowest BCUT2D eigenvalue weighted by atomic mass is 10.1. The molecular formula is C16H13Cl2NO2. The fraction of sp³-hybridized carbons (Fsp3) is 0.188. The van der Waals surface area contributed by atoms with Crippen molar-refractivity contribution in [2.45, 2.75) is 12.5 Å². The molecule has 0 atom stereocenters. The zero-order valence-corrected chi connectivity index (χ0v) is 12.9. The summed E-state index contributed by atoms with van der Waals surface area (Å²) < 4.78 is 10.9. The van der Waals surface area contributed by atoms with Crippen LogP contribution in [-0.4, -0.2) is 7.11 Å². The van der Waals surface area contributed by atoms with Crippen LogP contribution in [0.15, 0.2) is 36.4 Å². The molecule has 0 N–H and O–H groups in total. The minimum absolute atomic E-state index is 0.279. The zero-order valence-electron chi connectivity index (χ0n) is 11.4. The quantitative estimate of drug-likeness (QED) is 0.759. The van der Waals surface area contributed by atoms with Crippen molar-refractivity contribution in [3.8, 4) is 17.6 Å². The molecule has 0 fully saturated rings. The summed E-state index contributed by atoms with van der Waals surface area (Å²) in [5, 5.41) is 9.65. The second-order valence-corrected chi connectivity index (χ2v) is 4.96. The topological polar surface area (TPSA) is 42.2 Å². The Kier molecular flexibility index (Phi) is 5.32. The number of ether oxygens (including phenoxy) is 2. The standard InChI is InChI=1S/C16H13Cl2NO2/c1-20-15-6-5-11(7-12(15)9-19)10-21-16-4-2-3-14(18)13(16)8-17/h2-7H,8,10H2,1H3. The van der Waals surface area contributed by atoms with E-state index in [1.807, 2.05) is 18.2 Å². The third-order valence-corrected chi connectivity index (χ3v) is 3.61. The van der Waals surface area contributed by atoms with E-state index in [1.165, 1.54) is 7.11 Å². The van der Waals surface area contributed by atoms with Gasteiger partial charge in [-0.15, -0.1) is 11.6 Å². The maximum atomic E-state index is 9.07. The number of rotatable bonds is 5. The van der Waals surface area contributed by atoms with E-state index in [0.717, 1.165) is 11.1 Å². The minimum Gasteiger partial charge on any atom is -0.495 e. The van der Waals surface area contributed by atoms with Crippen LogP contribution in [-0.2, 0) is 12.5 Å². The molecule has 2 aromatic rings. The maximum absolute atomic E-state index is 9.07. The number of methoxy groups -OCH3 is 1. The van der Waals surface area contributed by atoms with Gasteiger partial charge in [-0.1, -0.05) is 23.7 Å². The molecule has 5 heteroatoms. The molecule has 0 spiro atoms. The predicted octanol–water partition coefficient (Wildman–Crippen LogP) is 4.54. The Balaban J connectivity index is 2.17. The lowest BCUT2D eigenvalue weighted by Gasteiger charge is -2.12. The van der Waals surface area contributed by atoms with Crippen LogP contribution in [0.25, 0.3) is 0 Å². The van der Waals surface area contributed by atoms with Crippen molar-refractivity contribution < 1.29 is 9.47 Å². The van der Waals surface area contributed by atoms with Gasteiger partial charge in [0.2, 0.25) is 0 Å². The Morgan fingerprint density at radius 3 is 2.67 bits per heavy atom. The Morgan fingerprint density at radius 1 is 1.19 bits per heavy atom. The molecule has 0 bridgehead atoms. The van der Waals surface area contributed by atoms with Crippen molar-refractivity contribution in [1.82, 2.24) is 0 Å². The van der Waals surface area contributed by atoms with E-state index in [-0.39, 0.29) is 5.88 Å². The summed E-state index contributed by atoms with van der Waals surface area (Å²) in [6.07, 6.45) is 0. The summed E-state index contributed by atoms with van der Waals surface area (Å²) in [6, 6.07) is 12.8. The SMILES string of the molecule is COc1ccc(COc2cccc(Cl)c2CCl)cc1C#N. The van der Waals surface area contributed by atoms with Gasteiger partial charge in [0.05, 0.1) is 18.6 Å². The molecule has 0 aromatic heterocycles. The molecule has 108 valence electrons. The lowest BCUT2D eigenvalue weighted by Crippen LogP contribution is -1.99. The molecule has 0 radical (unpaired) electrons. The van der Waals surface area contributed by atoms with Gasteiger partial charge in [0.1, 0.15) is 24.2 Å². The first-order valence-electron chi connectivity index (χ1n) is 6.22. The van der Waals surface area contributed by atoms with Crippen LogP contribution in [0.4, 0.5) is 0 Å². The highest BCUT2D eigenvalue weighted by atomic mass is 35.5. The molecule has 3 nitrogen and oxygen atoms in total. The molecule has 0 heterocycles. The number of nitrogens with zero attached hydrogens (tertiary/aromatic N) is 1. The molecule has 2 aromatic carbocycles. The first-order chi connectivity index (χ1) is 10.2. The Morgan fingerprint density at radius 2 is 2.00 bits per heavy atom. The van der Waals surface area contributed by atoms with Gasteiger partial charge >= 0.3 is 0 Å². The fourth-order valence-corrected chi connectivity index (χ4v) is 2.47. The van der Waals surface area contributed by atoms with Gasteiger partial charge in [0.25, 0.3) is 0 Å². The second-order valence-electron chi connectivity index (χ2n) is 4.29. The average Bonchev–Trinajstić information content (AvgIpc) is 2.52. The number of hydrogen-bond donors (Lipinski definition) is 0. The van der Waals surface area contributed by atoms with E-state index in [2.05, 4.69) is 6.07 Å².